The highest BCUT2D eigenvalue weighted by molar-refractivity contribution is 6.20. The van der Waals surface area contributed by atoms with Crippen molar-refractivity contribution in [2.45, 2.75) is 59.3 Å². The normalized spacial score (nSPS) is 28.0. The van der Waals surface area contributed by atoms with Crippen LogP contribution >= 0.6 is 0 Å². The van der Waals surface area contributed by atoms with Crippen LogP contribution in [0.2, 0.25) is 0 Å². The lowest BCUT2D eigenvalue weighted by Gasteiger charge is -2.12. The summed E-state index contributed by atoms with van der Waals surface area (Å²) in [6.45, 7) is 6.31. The molecule has 2 bridgehead atoms. The van der Waals surface area contributed by atoms with Gasteiger partial charge in [-0.2, -0.15) is 0 Å². The van der Waals surface area contributed by atoms with Gasteiger partial charge in [-0.05, 0) is 71.4 Å². The number of rotatable bonds is 0. The van der Waals surface area contributed by atoms with Crippen LogP contribution < -0.4 is 0 Å². The smallest absolute Gasteiger partial charge is 0.182 e. The van der Waals surface area contributed by atoms with Crippen LogP contribution in [0.5, 0.6) is 0 Å². The van der Waals surface area contributed by atoms with Crippen LogP contribution in [-0.4, -0.2) is 11.6 Å². The number of allylic oxidation sites excluding steroid dienone is 10. The minimum atomic E-state index is -0.0146. The highest BCUT2D eigenvalue weighted by Crippen LogP contribution is 2.22. The molecule has 0 aromatic rings. The highest BCUT2D eigenvalue weighted by Gasteiger charge is 2.19. The van der Waals surface area contributed by atoms with E-state index in [1.54, 1.807) is 0 Å². The van der Waals surface area contributed by atoms with Gasteiger partial charge in [0.15, 0.2) is 11.6 Å². The summed E-state index contributed by atoms with van der Waals surface area (Å²) in [7, 11) is 0. The van der Waals surface area contributed by atoms with E-state index in [4.69, 9.17) is 0 Å². The van der Waals surface area contributed by atoms with Crippen LogP contribution in [0.4, 0.5) is 0 Å². The summed E-state index contributed by atoms with van der Waals surface area (Å²) in [5.74, 6) is -0.0270. The van der Waals surface area contributed by atoms with Crippen molar-refractivity contribution in [1.29, 1.82) is 0 Å². The zero-order chi connectivity index (χ0) is 16.8. The first-order valence-electron chi connectivity index (χ1n) is 8.42. The third-order valence-corrected chi connectivity index (χ3v) is 4.45. The summed E-state index contributed by atoms with van der Waals surface area (Å²) in [6.07, 6.45) is 14.9. The number of carbonyl (C=O) groups excluding carboxylic acids is 2. The van der Waals surface area contributed by atoms with Crippen molar-refractivity contribution >= 4 is 11.6 Å². The van der Waals surface area contributed by atoms with Crippen LogP contribution in [0.1, 0.15) is 59.3 Å². The second kappa shape index (κ2) is 8.05. The van der Waals surface area contributed by atoms with Crippen molar-refractivity contribution in [3.63, 3.8) is 0 Å². The van der Waals surface area contributed by atoms with E-state index in [2.05, 4.69) is 32.1 Å². The first-order valence-corrected chi connectivity index (χ1v) is 8.42. The minimum Gasteiger partial charge on any atom is -0.290 e. The second-order valence-electron chi connectivity index (χ2n) is 6.68. The molecule has 0 aromatic carbocycles. The van der Waals surface area contributed by atoms with Crippen LogP contribution in [0.15, 0.2) is 58.2 Å². The average molecular weight is 310 g/mol. The fourth-order valence-electron chi connectivity index (χ4n) is 2.90. The number of hydrogen-bond acceptors (Lipinski definition) is 2. The van der Waals surface area contributed by atoms with Gasteiger partial charge in [0.05, 0.1) is 0 Å². The molecule has 23 heavy (non-hydrogen) atoms. The summed E-state index contributed by atoms with van der Waals surface area (Å²) < 4.78 is 0. The average Bonchev–Trinajstić information content (AvgIpc) is 2.48. The molecule has 0 saturated heterocycles. The van der Waals surface area contributed by atoms with Gasteiger partial charge in [-0.3, -0.25) is 9.59 Å². The molecule has 0 atom stereocenters. The van der Waals surface area contributed by atoms with Crippen molar-refractivity contribution in [2.24, 2.45) is 0 Å². The van der Waals surface area contributed by atoms with Gasteiger partial charge in [-0.1, -0.05) is 34.9 Å². The van der Waals surface area contributed by atoms with E-state index < -0.39 is 0 Å². The molecule has 3 rings (SSSR count). The minimum absolute atomic E-state index is 0.0124. The van der Waals surface area contributed by atoms with Crippen molar-refractivity contribution in [2.75, 3.05) is 0 Å². The zero-order valence-electron chi connectivity index (χ0n) is 14.4. The molecule has 0 aromatic heterocycles. The molecule has 0 unspecified atom stereocenters. The fourth-order valence-corrected chi connectivity index (χ4v) is 2.90. The quantitative estimate of drug-likeness (QED) is 0.456. The summed E-state index contributed by atoms with van der Waals surface area (Å²) in [5.41, 5.74) is 5.08. The molecule has 0 spiro atoms. The van der Waals surface area contributed by atoms with Gasteiger partial charge in [0.25, 0.3) is 0 Å². The predicted octanol–water partition coefficient (Wildman–Crippen LogP) is 5.18. The molecular weight excluding hydrogens is 284 g/mol. The standard InChI is InChI=1S/C21H26O2/c1-15-6-4-8-16(2)10-11-18-13-21(23)19(14-20(18)22)12-17(3)9-5-7-15/h6,9-10,13-14H,4-5,7-8,11-12H2,1-3H3/b15-6+,16-10-,17-9-. The lowest BCUT2D eigenvalue weighted by molar-refractivity contribution is -0.115. The highest BCUT2D eigenvalue weighted by atomic mass is 16.1. The molecule has 0 amide bonds. The van der Waals surface area contributed by atoms with Gasteiger partial charge < -0.3 is 0 Å². The van der Waals surface area contributed by atoms with E-state index in [0.29, 0.717) is 24.0 Å². The first-order chi connectivity index (χ1) is 11.0. The number of ketones is 2. The predicted molar refractivity (Wildman–Crippen MR) is 95.2 cm³/mol. The Labute approximate surface area is 139 Å². The van der Waals surface area contributed by atoms with Crippen molar-refractivity contribution in [3.8, 4) is 0 Å². The van der Waals surface area contributed by atoms with E-state index >= 15 is 0 Å². The molecule has 122 valence electrons. The number of carbonyl (C=O) groups is 2. The molecule has 2 heteroatoms. The Morgan fingerprint density at radius 1 is 0.696 bits per heavy atom. The number of hydrogen-bond donors (Lipinski definition) is 0. The molecule has 0 N–H and O–H groups in total. The first kappa shape index (κ1) is 17.4. The lowest BCUT2D eigenvalue weighted by Crippen LogP contribution is -2.13. The van der Waals surface area contributed by atoms with Crippen molar-refractivity contribution < 1.29 is 9.59 Å². The Morgan fingerprint density at radius 2 is 1.22 bits per heavy atom. The third-order valence-electron chi connectivity index (χ3n) is 4.45. The van der Waals surface area contributed by atoms with Crippen LogP contribution in [0, 0.1) is 0 Å². The molecule has 3 aliphatic carbocycles. The Hall–Kier alpha value is -1.96. The Bertz CT molecular complexity index is 651. The summed E-state index contributed by atoms with van der Waals surface area (Å²) >= 11 is 0. The molecule has 0 saturated carbocycles. The van der Waals surface area contributed by atoms with Gasteiger partial charge in [0.2, 0.25) is 0 Å². The Kier molecular flexibility index (Phi) is 6.09. The van der Waals surface area contributed by atoms with Crippen LogP contribution in [0.3, 0.4) is 0 Å². The van der Waals surface area contributed by atoms with E-state index in [-0.39, 0.29) is 11.6 Å². The molecule has 3 aliphatic rings. The number of fused-ring (bicyclic) bond motifs is 10. The molecule has 0 aliphatic heterocycles. The topological polar surface area (TPSA) is 34.1 Å². The van der Waals surface area contributed by atoms with Gasteiger partial charge in [-0.15, -0.1) is 0 Å². The SMILES string of the molecule is C/C1=C/CC2=CC(=O)C(=CC2=O)C/C(C)=C\CC/C(C)=C/CC1. The summed E-state index contributed by atoms with van der Waals surface area (Å²) in [5, 5.41) is 0. The molecule has 0 heterocycles. The zero-order valence-corrected chi connectivity index (χ0v) is 14.4. The molecular formula is C21H26O2. The van der Waals surface area contributed by atoms with Gasteiger partial charge in [0.1, 0.15) is 0 Å². The molecule has 0 radical (unpaired) electrons. The van der Waals surface area contributed by atoms with E-state index in [1.165, 1.54) is 23.3 Å². The van der Waals surface area contributed by atoms with Crippen molar-refractivity contribution in [3.05, 3.63) is 58.2 Å². The van der Waals surface area contributed by atoms with Gasteiger partial charge in [-0.25, -0.2) is 0 Å². The summed E-state index contributed by atoms with van der Waals surface area (Å²) in [4.78, 5) is 24.5. The fraction of sp³-hybridized carbons (Fsp3) is 0.429. The van der Waals surface area contributed by atoms with Gasteiger partial charge >= 0.3 is 0 Å². The van der Waals surface area contributed by atoms with E-state index in [9.17, 15) is 9.59 Å². The maximum absolute atomic E-state index is 12.2. The summed E-state index contributed by atoms with van der Waals surface area (Å²) in [6, 6.07) is 0. The van der Waals surface area contributed by atoms with Gasteiger partial charge in [0, 0.05) is 11.1 Å². The second-order valence-corrected chi connectivity index (χ2v) is 6.68. The molecule has 2 nitrogen and oxygen atoms in total. The van der Waals surface area contributed by atoms with E-state index in [1.807, 2.05) is 6.92 Å². The largest absolute Gasteiger partial charge is 0.290 e. The lowest BCUT2D eigenvalue weighted by atomic mass is 9.90. The Balaban J connectivity index is 2.25. The van der Waals surface area contributed by atoms with Crippen molar-refractivity contribution in [1.82, 2.24) is 0 Å². The van der Waals surface area contributed by atoms with E-state index in [0.717, 1.165) is 31.3 Å². The molecule has 0 fully saturated rings. The Morgan fingerprint density at radius 3 is 1.91 bits per heavy atom. The monoisotopic (exact) mass is 310 g/mol. The third kappa shape index (κ3) is 5.31. The van der Waals surface area contributed by atoms with Crippen LogP contribution in [0.25, 0.3) is 0 Å². The maximum Gasteiger partial charge on any atom is 0.182 e. The van der Waals surface area contributed by atoms with Crippen LogP contribution in [-0.2, 0) is 9.59 Å². The maximum atomic E-state index is 12.2.